The first-order valence-corrected chi connectivity index (χ1v) is 9.43. The van der Waals surface area contributed by atoms with E-state index in [4.69, 9.17) is 13.9 Å². The Labute approximate surface area is 174 Å². The fourth-order valence-corrected chi connectivity index (χ4v) is 3.50. The SMILES string of the molecule is O=c1c(OC2CC(O)CC(CO)O2)c(-c2ccc(O)c(O)c2)oc2cc(O)cc(O)c12. The van der Waals surface area contributed by atoms with Crippen molar-refractivity contribution in [2.75, 3.05) is 6.61 Å². The fourth-order valence-electron chi connectivity index (χ4n) is 3.50. The monoisotopic (exact) mass is 432 g/mol. The van der Waals surface area contributed by atoms with Gasteiger partial charge in [0, 0.05) is 30.5 Å². The Hall–Kier alpha value is -3.47. The van der Waals surface area contributed by atoms with Crippen LogP contribution in [0.3, 0.4) is 0 Å². The lowest BCUT2D eigenvalue weighted by Gasteiger charge is -2.32. The lowest BCUT2D eigenvalue weighted by Crippen LogP contribution is -2.41. The van der Waals surface area contributed by atoms with Gasteiger partial charge in [-0.25, -0.2) is 0 Å². The van der Waals surface area contributed by atoms with Crippen LogP contribution in [0, 0.1) is 0 Å². The zero-order valence-electron chi connectivity index (χ0n) is 16.1. The molecular weight excluding hydrogens is 412 g/mol. The van der Waals surface area contributed by atoms with Crippen molar-refractivity contribution in [2.24, 2.45) is 0 Å². The molecule has 0 bridgehead atoms. The smallest absolute Gasteiger partial charge is 0.239 e. The van der Waals surface area contributed by atoms with E-state index in [1.54, 1.807) is 0 Å². The normalized spacial score (nSPS) is 21.3. The number of phenols is 4. The van der Waals surface area contributed by atoms with Crippen LogP contribution in [0.25, 0.3) is 22.3 Å². The van der Waals surface area contributed by atoms with Gasteiger partial charge < -0.3 is 44.5 Å². The molecule has 1 aromatic heterocycles. The maximum atomic E-state index is 13.2. The minimum atomic E-state index is -1.11. The maximum absolute atomic E-state index is 13.2. The molecule has 1 aliphatic rings. The average molecular weight is 432 g/mol. The highest BCUT2D eigenvalue weighted by Crippen LogP contribution is 2.39. The molecule has 164 valence electrons. The highest BCUT2D eigenvalue weighted by molar-refractivity contribution is 5.88. The predicted octanol–water partition coefficient (Wildman–Crippen LogP) is 1.52. The van der Waals surface area contributed by atoms with Gasteiger partial charge in [-0.2, -0.15) is 0 Å². The summed E-state index contributed by atoms with van der Waals surface area (Å²) in [5.41, 5.74) is -0.775. The average Bonchev–Trinajstić information content (AvgIpc) is 2.71. The van der Waals surface area contributed by atoms with Crippen molar-refractivity contribution in [3.8, 4) is 40.1 Å². The number of hydrogen-bond acceptors (Lipinski definition) is 10. The van der Waals surface area contributed by atoms with Crippen LogP contribution in [0.4, 0.5) is 0 Å². The van der Waals surface area contributed by atoms with Gasteiger partial charge in [-0.05, 0) is 18.2 Å². The summed E-state index contributed by atoms with van der Waals surface area (Å²) in [5.74, 6) is -2.29. The summed E-state index contributed by atoms with van der Waals surface area (Å²) < 4.78 is 17.0. The highest BCUT2D eigenvalue weighted by Gasteiger charge is 2.32. The van der Waals surface area contributed by atoms with Crippen molar-refractivity contribution >= 4 is 11.0 Å². The minimum Gasteiger partial charge on any atom is -0.508 e. The minimum absolute atomic E-state index is 0.00973. The third-order valence-corrected chi connectivity index (χ3v) is 4.95. The molecule has 0 aliphatic carbocycles. The number of ether oxygens (including phenoxy) is 2. The van der Waals surface area contributed by atoms with E-state index in [0.717, 1.165) is 18.2 Å². The van der Waals surface area contributed by atoms with Crippen LogP contribution in [0.1, 0.15) is 12.8 Å². The molecule has 1 fully saturated rings. The summed E-state index contributed by atoms with van der Waals surface area (Å²) in [7, 11) is 0. The van der Waals surface area contributed by atoms with Crippen LogP contribution in [0.15, 0.2) is 39.5 Å². The van der Waals surface area contributed by atoms with Gasteiger partial charge in [-0.1, -0.05) is 0 Å². The second kappa shape index (κ2) is 7.99. The Bertz CT molecular complexity index is 1180. The molecular formula is C21H20O10. The van der Waals surface area contributed by atoms with E-state index in [-0.39, 0.29) is 53.2 Å². The van der Waals surface area contributed by atoms with Crippen LogP contribution in [0.2, 0.25) is 0 Å². The molecule has 4 rings (SSSR count). The molecule has 6 N–H and O–H groups in total. The molecule has 3 unspecified atom stereocenters. The van der Waals surface area contributed by atoms with E-state index in [1.165, 1.54) is 12.1 Å². The maximum Gasteiger partial charge on any atom is 0.239 e. The second-order valence-corrected chi connectivity index (χ2v) is 7.24. The molecule has 10 heteroatoms. The molecule has 1 aliphatic heterocycles. The lowest BCUT2D eigenvalue weighted by atomic mass is 10.1. The zero-order chi connectivity index (χ0) is 22.3. The van der Waals surface area contributed by atoms with Crippen molar-refractivity contribution < 1.29 is 44.5 Å². The van der Waals surface area contributed by atoms with Crippen molar-refractivity contribution in [1.29, 1.82) is 0 Å². The van der Waals surface area contributed by atoms with E-state index in [9.17, 15) is 35.4 Å². The van der Waals surface area contributed by atoms with Crippen molar-refractivity contribution in [1.82, 2.24) is 0 Å². The number of benzene rings is 2. The van der Waals surface area contributed by atoms with Crippen molar-refractivity contribution in [3.05, 3.63) is 40.6 Å². The second-order valence-electron chi connectivity index (χ2n) is 7.24. The van der Waals surface area contributed by atoms with Crippen LogP contribution < -0.4 is 10.2 Å². The van der Waals surface area contributed by atoms with Gasteiger partial charge in [-0.3, -0.25) is 4.79 Å². The predicted molar refractivity (Wildman–Crippen MR) is 106 cm³/mol. The summed E-state index contributed by atoms with van der Waals surface area (Å²) in [5, 5.41) is 58.5. The van der Waals surface area contributed by atoms with Crippen LogP contribution in [-0.2, 0) is 4.74 Å². The lowest BCUT2D eigenvalue weighted by molar-refractivity contribution is -0.185. The van der Waals surface area contributed by atoms with E-state index in [1.807, 2.05) is 0 Å². The molecule has 3 aromatic rings. The van der Waals surface area contributed by atoms with Crippen LogP contribution >= 0.6 is 0 Å². The Morgan fingerprint density at radius 1 is 1.00 bits per heavy atom. The van der Waals surface area contributed by atoms with Gasteiger partial charge >= 0.3 is 0 Å². The highest BCUT2D eigenvalue weighted by atomic mass is 16.7. The van der Waals surface area contributed by atoms with E-state index in [0.29, 0.717) is 0 Å². The number of aliphatic hydroxyl groups excluding tert-OH is 2. The Kier molecular flexibility index (Phi) is 5.36. The van der Waals surface area contributed by atoms with Gasteiger partial charge in [0.2, 0.25) is 17.5 Å². The fraction of sp³-hybridized carbons (Fsp3) is 0.286. The third-order valence-electron chi connectivity index (χ3n) is 4.95. The van der Waals surface area contributed by atoms with E-state index < -0.39 is 41.2 Å². The first-order chi connectivity index (χ1) is 14.8. The summed E-state index contributed by atoms with van der Waals surface area (Å²) >= 11 is 0. The molecule has 0 radical (unpaired) electrons. The molecule has 0 saturated carbocycles. The summed E-state index contributed by atoms with van der Waals surface area (Å²) in [6.45, 7) is -0.359. The zero-order valence-corrected chi connectivity index (χ0v) is 16.1. The van der Waals surface area contributed by atoms with E-state index >= 15 is 0 Å². The molecule has 10 nitrogen and oxygen atoms in total. The third kappa shape index (κ3) is 3.96. The quantitative estimate of drug-likeness (QED) is 0.332. The van der Waals surface area contributed by atoms with Crippen molar-refractivity contribution in [2.45, 2.75) is 31.3 Å². The number of fused-ring (bicyclic) bond motifs is 1. The first kappa shape index (κ1) is 20.8. The number of aromatic hydroxyl groups is 4. The Morgan fingerprint density at radius 2 is 1.77 bits per heavy atom. The van der Waals surface area contributed by atoms with Gasteiger partial charge in [0.1, 0.15) is 22.5 Å². The summed E-state index contributed by atoms with van der Waals surface area (Å²) in [6, 6.07) is 5.79. The first-order valence-electron chi connectivity index (χ1n) is 9.43. The number of phenolic OH excluding ortho intramolecular Hbond substituents is 4. The van der Waals surface area contributed by atoms with Crippen LogP contribution in [-0.4, -0.2) is 55.7 Å². The molecule has 0 spiro atoms. The molecule has 31 heavy (non-hydrogen) atoms. The van der Waals surface area contributed by atoms with Gasteiger partial charge in [0.25, 0.3) is 0 Å². The Morgan fingerprint density at radius 3 is 2.48 bits per heavy atom. The molecule has 2 heterocycles. The molecule has 1 saturated heterocycles. The summed E-state index contributed by atoms with van der Waals surface area (Å²) in [6.07, 6.45) is -2.44. The number of rotatable bonds is 4. The molecule has 2 aromatic carbocycles. The standard InChI is InChI=1S/C21H20O10/c22-8-12-4-10(23)7-17(29-12)31-21-19(28)18-15(27)5-11(24)6-16(18)30-20(21)9-1-2-13(25)14(26)3-9/h1-3,5-6,10,12,17,22-27H,4,7-8H2. The number of aliphatic hydroxyl groups is 2. The van der Waals surface area contributed by atoms with Crippen molar-refractivity contribution in [3.63, 3.8) is 0 Å². The molecule has 3 atom stereocenters. The van der Waals surface area contributed by atoms with Gasteiger partial charge in [-0.15, -0.1) is 0 Å². The Balaban J connectivity index is 1.90. The number of hydrogen-bond donors (Lipinski definition) is 6. The molecule has 0 amide bonds. The van der Waals surface area contributed by atoms with Gasteiger partial charge in [0.15, 0.2) is 17.3 Å². The largest absolute Gasteiger partial charge is 0.508 e. The van der Waals surface area contributed by atoms with E-state index in [2.05, 4.69) is 0 Å². The topological polar surface area (TPSA) is 170 Å². The van der Waals surface area contributed by atoms with Crippen LogP contribution in [0.5, 0.6) is 28.7 Å². The van der Waals surface area contributed by atoms with Gasteiger partial charge in [0.05, 0.1) is 18.8 Å². The summed E-state index contributed by atoms with van der Waals surface area (Å²) in [4.78, 5) is 13.2.